The van der Waals surface area contributed by atoms with Gasteiger partial charge in [0.25, 0.3) is 0 Å². The first-order chi connectivity index (χ1) is 8.45. The van der Waals surface area contributed by atoms with Gasteiger partial charge in [-0.15, -0.1) is 0 Å². The van der Waals surface area contributed by atoms with Gasteiger partial charge in [0.15, 0.2) is 0 Å². The molecular formula is C15H28N2O. The molecule has 3 fully saturated rings. The fourth-order valence-corrected chi connectivity index (χ4v) is 4.42. The number of nitrogens with two attached hydrogens (primary N) is 1. The minimum absolute atomic E-state index is 0.0489. The van der Waals surface area contributed by atoms with E-state index in [-0.39, 0.29) is 11.0 Å². The van der Waals surface area contributed by atoms with Crippen molar-refractivity contribution in [2.75, 3.05) is 26.7 Å². The summed E-state index contributed by atoms with van der Waals surface area (Å²) >= 11 is 0. The molecule has 3 atom stereocenters. The van der Waals surface area contributed by atoms with Crippen molar-refractivity contribution in [2.24, 2.45) is 23.0 Å². The van der Waals surface area contributed by atoms with Crippen molar-refractivity contribution in [3.63, 3.8) is 0 Å². The minimum atomic E-state index is -0.0489. The molecule has 1 saturated heterocycles. The zero-order valence-electron chi connectivity index (χ0n) is 12.1. The second-order valence-corrected chi connectivity index (χ2v) is 7.44. The molecule has 3 heteroatoms. The number of nitrogens with zero attached hydrogens (tertiary/aromatic N) is 1. The SMILES string of the molecule is CN(CC1CCC1)CC1(N)C2CCOC2C1(C)C. The topological polar surface area (TPSA) is 38.5 Å². The second-order valence-electron chi connectivity index (χ2n) is 7.44. The van der Waals surface area contributed by atoms with Gasteiger partial charge in [0.1, 0.15) is 0 Å². The molecule has 0 bridgehead atoms. The van der Waals surface area contributed by atoms with Crippen LogP contribution < -0.4 is 5.73 Å². The lowest BCUT2D eigenvalue weighted by Crippen LogP contribution is -2.78. The minimum Gasteiger partial charge on any atom is -0.377 e. The molecular weight excluding hydrogens is 224 g/mol. The lowest BCUT2D eigenvalue weighted by molar-refractivity contribution is -0.162. The van der Waals surface area contributed by atoms with Crippen molar-refractivity contribution in [2.45, 2.75) is 51.2 Å². The van der Waals surface area contributed by atoms with E-state index >= 15 is 0 Å². The third-order valence-corrected chi connectivity index (χ3v) is 5.99. The lowest BCUT2D eigenvalue weighted by atomic mass is 9.48. The zero-order chi connectivity index (χ0) is 13.0. The van der Waals surface area contributed by atoms with E-state index in [0.717, 1.165) is 25.5 Å². The van der Waals surface area contributed by atoms with E-state index in [4.69, 9.17) is 10.5 Å². The fourth-order valence-electron chi connectivity index (χ4n) is 4.42. The van der Waals surface area contributed by atoms with Gasteiger partial charge in [-0.05, 0) is 32.2 Å². The van der Waals surface area contributed by atoms with E-state index < -0.39 is 0 Å². The Balaban J connectivity index is 1.63. The molecule has 3 nitrogen and oxygen atoms in total. The van der Waals surface area contributed by atoms with Crippen LogP contribution in [0.1, 0.15) is 39.5 Å². The van der Waals surface area contributed by atoms with Gasteiger partial charge in [-0.2, -0.15) is 0 Å². The van der Waals surface area contributed by atoms with E-state index in [2.05, 4.69) is 25.8 Å². The summed E-state index contributed by atoms with van der Waals surface area (Å²) in [6.45, 7) is 7.74. The Bertz CT molecular complexity index is 326. The van der Waals surface area contributed by atoms with Crippen molar-refractivity contribution in [1.29, 1.82) is 0 Å². The van der Waals surface area contributed by atoms with Gasteiger partial charge in [0.05, 0.1) is 6.10 Å². The van der Waals surface area contributed by atoms with Gasteiger partial charge in [0, 0.05) is 36.6 Å². The van der Waals surface area contributed by atoms with Gasteiger partial charge >= 0.3 is 0 Å². The smallest absolute Gasteiger partial charge is 0.0691 e. The lowest BCUT2D eigenvalue weighted by Gasteiger charge is -2.63. The van der Waals surface area contributed by atoms with Gasteiger partial charge in [-0.3, -0.25) is 0 Å². The summed E-state index contributed by atoms with van der Waals surface area (Å²) in [6.07, 6.45) is 5.82. The highest BCUT2D eigenvalue weighted by Gasteiger charge is 2.67. The van der Waals surface area contributed by atoms with Crippen LogP contribution in [0.2, 0.25) is 0 Å². The van der Waals surface area contributed by atoms with Crippen LogP contribution in [0.4, 0.5) is 0 Å². The molecule has 3 aliphatic rings. The summed E-state index contributed by atoms with van der Waals surface area (Å²) in [5, 5.41) is 0. The summed E-state index contributed by atoms with van der Waals surface area (Å²) in [5.74, 6) is 1.51. The van der Waals surface area contributed by atoms with Gasteiger partial charge in [-0.1, -0.05) is 20.3 Å². The average molecular weight is 252 g/mol. The monoisotopic (exact) mass is 252 g/mol. The predicted molar refractivity (Wildman–Crippen MR) is 73.4 cm³/mol. The van der Waals surface area contributed by atoms with Gasteiger partial charge in [0.2, 0.25) is 0 Å². The summed E-state index contributed by atoms with van der Waals surface area (Å²) in [6, 6.07) is 0. The van der Waals surface area contributed by atoms with Crippen LogP contribution >= 0.6 is 0 Å². The molecule has 104 valence electrons. The van der Waals surface area contributed by atoms with E-state index in [1.54, 1.807) is 0 Å². The standard InChI is InChI=1S/C15H28N2O/c1-14(2)13-12(7-8-18-13)15(14,16)10-17(3)9-11-5-4-6-11/h11-13H,4-10,16H2,1-3H3. The molecule has 3 unspecified atom stereocenters. The molecule has 3 rings (SSSR count). The summed E-state index contributed by atoms with van der Waals surface area (Å²) in [7, 11) is 2.24. The van der Waals surface area contributed by atoms with E-state index in [9.17, 15) is 0 Å². The third-order valence-electron chi connectivity index (χ3n) is 5.99. The number of ether oxygens (including phenoxy) is 1. The highest BCUT2D eigenvalue weighted by atomic mass is 16.5. The Morgan fingerprint density at radius 1 is 1.28 bits per heavy atom. The Kier molecular flexibility index (Phi) is 3.00. The highest BCUT2D eigenvalue weighted by molar-refractivity contribution is 5.21. The van der Waals surface area contributed by atoms with E-state index in [1.165, 1.54) is 25.8 Å². The van der Waals surface area contributed by atoms with Crippen LogP contribution in [0.15, 0.2) is 0 Å². The first kappa shape index (κ1) is 12.9. The molecule has 1 heterocycles. The molecule has 1 aliphatic heterocycles. The molecule has 0 amide bonds. The molecule has 0 spiro atoms. The Morgan fingerprint density at radius 2 is 2.00 bits per heavy atom. The molecule has 0 radical (unpaired) electrons. The maximum Gasteiger partial charge on any atom is 0.0691 e. The van der Waals surface area contributed by atoms with Crippen LogP contribution in [0.25, 0.3) is 0 Å². The van der Waals surface area contributed by atoms with Crippen molar-refractivity contribution in [3.8, 4) is 0 Å². The maximum atomic E-state index is 6.78. The second kappa shape index (κ2) is 4.19. The fraction of sp³-hybridized carbons (Fsp3) is 1.00. The zero-order valence-corrected chi connectivity index (χ0v) is 12.1. The molecule has 0 aromatic carbocycles. The summed E-state index contributed by atoms with van der Waals surface area (Å²) in [5.41, 5.74) is 6.86. The van der Waals surface area contributed by atoms with Crippen LogP contribution in [0.5, 0.6) is 0 Å². The van der Waals surface area contributed by atoms with Crippen molar-refractivity contribution < 1.29 is 4.74 Å². The molecule has 18 heavy (non-hydrogen) atoms. The van der Waals surface area contributed by atoms with E-state index in [0.29, 0.717) is 12.0 Å². The molecule has 0 aromatic rings. The van der Waals surface area contributed by atoms with Gasteiger partial charge in [-0.25, -0.2) is 0 Å². The third kappa shape index (κ3) is 1.67. The maximum absolute atomic E-state index is 6.78. The number of hydrogen-bond acceptors (Lipinski definition) is 3. The Morgan fingerprint density at radius 3 is 2.61 bits per heavy atom. The largest absolute Gasteiger partial charge is 0.377 e. The summed E-state index contributed by atoms with van der Waals surface area (Å²) in [4.78, 5) is 2.47. The van der Waals surface area contributed by atoms with Crippen LogP contribution in [-0.2, 0) is 4.74 Å². The van der Waals surface area contributed by atoms with Crippen LogP contribution in [-0.4, -0.2) is 43.3 Å². The Labute approximate surface area is 111 Å². The Hall–Kier alpha value is -0.120. The molecule has 2 aliphatic carbocycles. The van der Waals surface area contributed by atoms with Crippen LogP contribution in [0.3, 0.4) is 0 Å². The first-order valence-electron chi connectivity index (χ1n) is 7.54. The number of fused-ring (bicyclic) bond motifs is 1. The molecule has 2 N–H and O–H groups in total. The average Bonchev–Trinajstić information content (AvgIpc) is 2.71. The number of likely N-dealkylation sites (N-methyl/N-ethyl adjacent to an activating group) is 1. The van der Waals surface area contributed by atoms with Crippen LogP contribution in [0, 0.1) is 17.3 Å². The quantitative estimate of drug-likeness (QED) is 0.830. The van der Waals surface area contributed by atoms with E-state index in [1.807, 2.05) is 0 Å². The van der Waals surface area contributed by atoms with Crippen molar-refractivity contribution in [3.05, 3.63) is 0 Å². The number of rotatable bonds is 4. The van der Waals surface area contributed by atoms with Gasteiger partial charge < -0.3 is 15.4 Å². The molecule has 0 aromatic heterocycles. The predicted octanol–water partition coefficient (Wildman–Crippen LogP) is 1.86. The first-order valence-corrected chi connectivity index (χ1v) is 7.54. The normalized spacial score (nSPS) is 42.5. The van der Waals surface area contributed by atoms with Crippen molar-refractivity contribution in [1.82, 2.24) is 4.90 Å². The highest BCUT2D eigenvalue weighted by Crippen LogP contribution is 2.58. The summed E-state index contributed by atoms with van der Waals surface area (Å²) < 4.78 is 5.86. The number of hydrogen-bond donors (Lipinski definition) is 1. The molecule has 2 saturated carbocycles. The van der Waals surface area contributed by atoms with Crippen molar-refractivity contribution >= 4 is 0 Å².